The molecule has 2 N–H and O–H groups in total. The standard InChI is InChI=1S/C11H20N2O3S2/c1-4-16-9(2)6-13-18(14,15)11-5-10(7-12-3)17-8-11/h5,8-9,12-13H,4,6-7H2,1-3H3. The van der Waals surface area contributed by atoms with Crippen LogP contribution < -0.4 is 10.0 Å². The van der Waals surface area contributed by atoms with E-state index in [0.717, 1.165) is 4.88 Å². The lowest BCUT2D eigenvalue weighted by molar-refractivity contribution is 0.0799. The predicted molar refractivity (Wildman–Crippen MR) is 73.4 cm³/mol. The highest BCUT2D eigenvalue weighted by Gasteiger charge is 2.16. The molecule has 1 aromatic rings. The lowest BCUT2D eigenvalue weighted by atomic mass is 10.4. The van der Waals surface area contributed by atoms with Gasteiger partial charge >= 0.3 is 0 Å². The lowest BCUT2D eigenvalue weighted by Gasteiger charge is -2.12. The molecule has 0 fully saturated rings. The van der Waals surface area contributed by atoms with Crippen LogP contribution in [0.2, 0.25) is 0 Å². The molecule has 7 heteroatoms. The van der Waals surface area contributed by atoms with Crippen molar-refractivity contribution in [3.05, 3.63) is 16.3 Å². The normalized spacial score (nSPS) is 13.7. The monoisotopic (exact) mass is 292 g/mol. The average Bonchev–Trinajstić information content (AvgIpc) is 2.77. The fraction of sp³-hybridized carbons (Fsp3) is 0.636. The van der Waals surface area contributed by atoms with Crippen molar-refractivity contribution in [2.45, 2.75) is 31.4 Å². The van der Waals surface area contributed by atoms with Crippen LogP contribution >= 0.6 is 11.3 Å². The quantitative estimate of drug-likeness (QED) is 0.755. The Morgan fingerprint density at radius 1 is 1.50 bits per heavy atom. The molecule has 0 spiro atoms. The molecule has 0 saturated heterocycles. The van der Waals surface area contributed by atoms with Crippen LogP contribution in [0.1, 0.15) is 18.7 Å². The van der Waals surface area contributed by atoms with Crippen molar-refractivity contribution in [1.82, 2.24) is 10.0 Å². The van der Waals surface area contributed by atoms with Crippen molar-refractivity contribution in [3.63, 3.8) is 0 Å². The van der Waals surface area contributed by atoms with Crippen molar-refractivity contribution in [3.8, 4) is 0 Å². The van der Waals surface area contributed by atoms with Gasteiger partial charge in [0, 0.05) is 30.0 Å². The second-order valence-corrected chi connectivity index (χ2v) is 6.66. The Balaban J connectivity index is 2.62. The Kier molecular flexibility index (Phi) is 6.24. The molecule has 0 aromatic carbocycles. The smallest absolute Gasteiger partial charge is 0.241 e. The van der Waals surface area contributed by atoms with Gasteiger partial charge in [0.2, 0.25) is 10.0 Å². The Bertz CT molecular complexity index is 457. The fourth-order valence-corrected chi connectivity index (χ4v) is 3.82. The average molecular weight is 292 g/mol. The predicted octanol–water partition coefficient (Wildman–Crippen LogP) is 1.17. The van der Waals surface area contributed by atoms with E-state index in [-0.39, 0.29) is 12.6 Å². The molecule has 0 bridgehead atoms. The molecule has 1 unspecified atom stereocenters. The van der Waals surface area contributed by atoms with Gasteiger partial charge in [0.05, 0.1) is 11.0 Å². The highest BCUT2D eigenvalue weighted by atomic mass is 32.2. The van der Waals surface area contributed by atoms with Gasteiger partial charge in [-0.05, 0) is 27.0 Å². The Labute approximate surface area is 113 Å². The van der Waals surface area contributed by atoms with E-state index in [9.17, 15) is 8.42 Å². The second kappa shape index (κ2) is 7.20. The first-order valence-electron chi connectivity index (χ1n) is 5.83. The molecule has 0 amide bonds. The second-order valence-electron chi connectivity index (χ2n) is 3.90. The molecular weight excluding hydrogens is 272 g/mol. The summed E-state index contributed by atoms with van der Waals surface area (Å²) in [7, 11) is -1.59. The summed E-state index contributed by atoms with van der Waals surface area (Å²) in [4.78, 5) is 1.32. The van der Waals surface area contributed by atoms with Crippen LogP contribution in [0.5, 0.6) is 0 Å². The number of sulfonamides is 1. The minimum absolute atomic E-state index is 0.125. The zero-order chi connectivity index (χ0) is 13.6. The van der Waals surface area contributed by atoms with Crippen molar-refractivity contribution >= 4 is 21.4 Å². The summed E-state index contributed by atoms with van der Waals surface area (Å²) >= 11 is 1.43. The minimum Gasteiger partial charge on any atom is -0.377 e. The third-order valence-corrected chi connectivity index (χ3v) is 4.79. The molecule has 104 valence electrons. The molecule has 0 saturated carbocycles. The van der Waals surface area contributed by atoms with Gasteiger partial charge in [-0.25, -0.2) is 13.1 Å². The molecule has 18 heavy (non-hydrogen) atoms. The van der Waals surface area contributed by atoms with E-state index in [0.29, 0.717) is 18.0 Å². The van der Waals surface area contributed by atoms with Gasteiger partial charge in [0.25, 0.3) is 0 Å². The van der Waals surface area contributed by atoms with E-state index >= 15 is 0 Å². The first-order valence-corrected chi connectivity index (χ1v) is 8.19. The SMILES string of the molecule is CCOC(C)CNS(=O)(=O)c1csc(CNC)c1. The molecule has 0 aliphatic rings. The lowest BCUT2D eigenvalue weighted by Crippen LogP contribution is -2.32. The fourth-order valence-electron chi connectivity index (χ4n) is 1.42. The van der Waals surface area contributed by atoms with Crippen LogP contribution in [-0.4, -0.2) is 34.7 Å². The van der Waals surface area contributed by atoms with Crippen LogP contribution in [0.15, 0.2) is 16.3 Å². The van der Waals surface area contributed by atoms with Gasteiger partial charge in [-0.15, -0.1) is 11.3 Å². The number of hydrogen-bond acceptors (Lipinski definition) is 5. The number of ether oxygens (including phenoxy) is 1. The molecule has 1 atom stereocenters. The molecular formula is C11H20N2O3S2. The van der Waals surface area contributed by atoms with Crippen molar-refractivity contribution in [2.24, 2.45) is 0 Å². The maximum atomic E-state index is 12.0. The minimum atomic E-state index is -3.42. The van der Waals surface area contributed by atoms with Crippen LogP contribution in [0.3, 0.4) is 0 Å². The first kappa shape index (κ1) is 15.6. The van der Waals surface area contributed by atoms with Crippen molar-refractivity contribution in [1.29, 1.82) is 0 Å². The maximum Gasteiger partial charge on any atom is 0.241 e. The van der Waals surface area contributed by atoms with Crippen LogP contribution in [0.25, 0.3) is 0 Å². The van der Waals surface area contributed by atoms with Gasteiger partial charge in [-0.3, -0.25) is 0 Å². The van der Waals surface area contributed by atoms with Gasteiger partial charge < -0.3 is 10.1 Å². The zero-order valence-electron chi connectivity index (χ0n) is 10.9. The summed E-state index contributed by atoms with van der Waals surface area (Å²) in [6, 6.07) is 1.69. The number of hydrogen-bond donors (Lipinski definition) is 2. The van der Waals surface area contributed by atoms with Gasteiger partial charge in [0.15, 0.2) is 0 Å². The van der Waals surface area contributed by atoms with Crippen LogP contribution in [0.4, 0.5) is 0 Å². The van der Waals surface area contributed by atoms with Gasteiger partial charge in [0.1, 0.15) is 0 Å². The van der Waals surface area contributed by atoms with Gasteiger partial charge in [-0.1, -0.05) is 0 Å². The Hall–Kier alpha value is -0.470. The molecule has 0 aliphatic carbocycles. The topological polar surface area (TPSA) is 67.4 Å². The molecule has 5 nitrogen and oxygen atoms in total. The number of nitrogens with one attached hydrogen (secondary N) is 2. The summed E-state index contributed by atoms with van der Waals surface area (Å²) in [6.07, 6.45) is -0.125. The largest absolute Gasteiger partial charge is 0.377 e. The van der Waals surface area contributed by atoms with E-state index in [4.69, 9.17) is 4.74 Å². The van der Waals surface area contributed by atoms with Crippen molar-refractivity contribution < 1.29 is 13.2 Å². The third kappa shape index (κ3) is 4.66. The number of thiophene rings is 1. The number of rotatable bonds is 8. The summed E-state index contributed by atoms with van der Waals surface area (Å²) in [5.74, 6) is 0. The van der Waals surface area contributed by atoms with E-state index < -0.39 is 10.0 Å². The van der Waals surface area contributed by atoms with E-state index in [1.165, 1.54) is 11.3 Å². The summed E-state index contributed by atoms with van der Waals surface area (Å²) in [6.45, 7) is 5.26. The van der Waals surface area contributed by atoms with E-state index in [1.807, 2.05) is 20.9 Å². The summed E-state index contributed by atoms with van der Waals surface area (Å²) in [5.41, 5.74) is 0. The molecule has 0 aliphatic heterocycles. The maximum absolute atomic E-state index is 12.0. The van der Waals surface area contributed by atoms with Crippen LogP contribution in [-0.2, 0) is 21.3 Å². The molecule has 1 heterocycles. The molecule has 0 radical (unpaired) electrons. The van der Waals surface area contributed by atoms with Gasteiger partial charge in [-0.2, -0.15) is 0 Å². The highest BCUT2D eigenvalue weighted by molar-refractivity contribution is 7.89. The summed E-state index contributed by atoms with van der Waals surface area (Å²) in [5, 5.41) is 4.64. The Morgan fingerprint density at radius 2 is 2.22 bits per heavy atom. The highest BCUT2D eigenvalue weighted by Crippen LogP contribution is 2.18. The molecule has 1 rings (SSSR count). The van der Waals surface area contributed by atoms with E-state index in [1.54, 1.807) is 11.4 Å². The van der Waals surface area contributed by atoms with Crippen molar-refractivity contribution in [2.75, 3.05) is 20.2 Å². The third-order valence-electron chi connectivity index (χ3n) is 2.30. The Morgan fingerprint density at radius 3 is 2.83 bits per heavy atom. The van der Waals surface area contributed by atoms with E-state index in [2.05, 4.69) is 10.0 Å². The first-order chi connectivity index (χ1) is 8.49. The zero-order valence-corrected chi connectivity index (χ0v) is 12.5. The summed E-state index contributed by atoms with van der Waals surface area (Å²) < 4.78 is 31.8. The van der Waals surface area contributed by atoms with Crippen LogP contribution in [0, 0.1) is 0 Å². The molecule has 1 aromatic heterocycles.